The number of imide groups is 1. The number of hydrogen-bond donors (Lipinski definition) is 0. The van der Waals surface area contributed by atoms with Crippen LogP contribution in [-0.2, 0) is 16.0 Å². The van der Waals surface area contributed by atoms with E-state index in [4.69, 9.17) is 14.7 Å². The molecule has 128 valence electrons. The van der Waals surface area contributed by atoms with Gasteiger partial charge in [0.05, 0.1) is 24.6 Å². The van der Waals surface area contributed by atoms with Gasteiger partial charge in [0.25, 0.3) is 5.91 Å². The van der Waals surface area contributed by atoms with Crippen molar-refractivity contribution in [2.24, 2.45) is 0 Å². The fourth-order valence-electron chi connectivity index (χ4n) is 3.00. The number of fused-ring (bicyclic) bond motifs is 1. The molecular formula is C20H14N2O4. The summed E-state index contributed by atoms with van der Waals surface area (Å²) < 4.78 is 10.6. The fraction of sp³-hybridized carbons (Fsp3) is 0.150. The zero-order valence-electron chi connectivity index (χ0n) is 13.8. The second kappa shape index (κ2) is 6.37. The van der Waals surface area contributed by atoms with E-state index in [1.54, 1.807) is 24.3 Å². The summed E-state index contributed by atoms with van der Waals surface area (Å²) in [6.07, 6.45) is 2.10. The van der Waals surface area contributed by atoms with Crippen LogP contribution in [0.2, 0.25) is 0 Å². The summed E-state index contributed by atoms with van der Waals surface area (Å²) >= 11 is 0. The van der Waals surface area contributed by atoms with Crippen LogP contribution in [0.3, 0.4) is 0 Å². The predicted molar refractivity (Wildman–Crippen MR) is 93.4 cm³/mol. The number of carbonyl (C=O) groups excluding carboxylic acids is 2. The highest BCUT2D eigenvalue weighted by Gasteiger charge is 2.35. The Hall–Kier alpha value is -3.59. The maximum atomic E-state index is 12.7. The minimum absolute atomic E-state index is 0.0488. The number of amides is 2. The third-order valence-corrected chi connectivity index (χ3v) is 4.29. The van der Waals surface area contributed by atoms with E-state index in [1.807, 2.05) is 24.3 Å². The molecule has 26 heavy (non-hydrogen) atoms. The minimum Gasteiger partial charge on any atom is -0.454 e. The lowest BCUT2D eigenvalue weighted by Crippen LogP contribution is -2.28. The summed E-state index contributed by atoms with van der Waals surface area (Å²) in [5, 5.41) is 8.71. The second-order valence-electron chi connectivity index (χ2n) is 5.99. The first kappa shape index (κ1) is 15.9. The van der Waals surface area contributed by atoms with E-state index in [0.29, 0.717) is 29.2 Å². The molecule has 2 aromatic rings. The maximum Gasteiger partial charge on any atom is 0.261 e. The summed E-state index contributed by atoms with van der Waals surface area (Å²) in [6.45, 7) is 0.133. The van der Waals surface area contributed by atoms with E-state index in [9.17, 15) is 9.59 Å². The van der Waals surface area contributed by atoms with Crippen LogP contribution in [0.4, 0.5) is 5.69 Å². The first-order chi connectivity index (χ1) is 12.7. The van der Waals surface area contributed by atoms with E-state index in [1.165, 1.54) is 0 Å². The highest BCUT2D eigenvalue weighted by molar-refractivity contribution is 6.29. The van der Waals surface area contributed by atoms with Crippen LogP contribution in [-0.4, -0.2) is 18.6 Å². The van der Waals surface area contributed by atoms with Crippen molar-refractivity contribution in [1.29, 1.82) is 5.26 Å². The van der Waals surface area contributed by atoms with Gasteiger partial charge in [0.15, 0.2) is 11.5 Å². The molecule has 2 heterocycles. The Morgan fingerprint density at radius 2 is 1.85 bits per heavy atom. The zero-order valence-corrected chi connectivity index (χ0v) is 13.8. The van der Waals surface area contributed by atoms with Crippen molar-refractivity contribution in [2.75, 3.05) is 11.7 Å². The Labute approximate surface area is 149 Å². The smallest absolute Gasteiger partial charge is 0.261 e. The Bertz CT molecular complexity index is 970. The second-order valence-corrected chi connectivity index (χ2v) is 5.99. The van der Waals surface area contributed by atoms with Crippen LogP contribution < -0.4 is 14.4 Å². The number of carbonyl (C=O) groups is 2. The van der Waals surface area contributed by atoms with Crippen molar-refractivity contribution >= 4 is 23.6 Å². The lowest BCUT2D eigenvalue weighted by Gasteiger charge is -2.13. The number of nitrogens with zero attached hydrogens (tertiary/aromatic N) is 2. The van der Waals surface area contributed by atoms with Crippen molar-refractivity contribution in [3.8, 4) is 17.6 Å². The lowest BCUT2D eigenvalue weighted by atomic mass is 10.1. The molecule has 6 heteroatoms. The monoisotopic (exact) mass is 346 g/mol. The summed E-state index contributed by atoms with van der Waals surface area (Å²) in [7, 11) is 0. The number of hydrogen-bond acceptors (Lipinski definition) is 5. The lowest BCUT2D eigenvalue weighted by molar-refractivity contribution is -0.120. The van der Waals surface area contributed by atoms with Gasteiger partial charge in [-0.2, -0.15) is 5.26 Å². The standard InChI is InChI=1S/C20H14N2O4/c21-8-7-13-1-3-14(4-2-13)9-15-10-19(23)22(20(15)24)16-5-6-17-18(11-16)26-12-25-17/h1-6,9,11H,7,10,12H2/b15-9+. The molecule has 0 atom stereocenters. The normalized spacial score (nSPS) is 17.0. The maximum absolute atomic E-state index is 12.7. The van der Waals surface area contributed by atoms with Crippen molar-refractivity contribution in [3.63, 3.8) is 0 Å². The molecule has 0 aliphatic carbocycles. The summed E-state index contributed by atoms with van der Waals surface area (Å²) in [5.74, 6) is 0.505. The van der Waals surface area contributed by atoms with Crippen LogP contribution in [0.15, 0.2) is 48.0 Å². The topological polar surface area (TPSA) is 79.6 Å². The summed E-state index contributed by atoms with van der Waals surface area (Å²) in [4.78, 5) is 26.3. The van der Waals surface area contributed by atoms with Gasteiger partial charge >= 0.3 is 0 Å². The Morgan fingerprint density at radius 1 is 1.08 bits per heavy atom. The van der Waals surface area contributed by atoms with Crippen molar-refractivity contribution in [1.82, 2.24) is 0 Å². The SMILES string of the molecule is N#CCc1ccc(/C=C2\CC(=O)N(c3ccc4c(c3)OCO4)C2=O)cc1. The minimum atomic E-state index is -0.338. The predicted octanol–water partition coefficient (Wildman–Crippen LogP) is 2.83. The molecule has 1 fully saturated rings. The fourth-order valence-corrected chi connectivity index (χ4v) is 3.00. The first-order valence-electron chi connectivity index (χ1n) is 8.09. The average molecular weight is 346 g/mol. The largest absolute Gasteiger partial charge is 0.454 e. The van der Waals surface area contributed by atoms with Gasteiger partial charge in [0.2, 0.25) is 12.7 Å². The van der Waals surface area contributed by atoms with Crippen molar-refractivity contribution in [3.05, 3.63) is 59.2 Å². The molecule has 2 aliphatic heterocycles. The third-order valence-electron chi connectivity index (χ3n) is 4.29. The average Bonchev–Trinajstić information content (AvgIpc) is 3.21. The molecule has 4 rings (SSSR count). The third kappa shape index (κ3) is 2.80. The molecule has 2 aromatic carbocycles. The molecule has 6 nitrogen and oxygen atoms in total. The van der Waals surface area contributed by atoms with Gasteiger partial charge < -0.3 is 9.47 Å². The molecule has 2 amide bonds. The first-order valence-corrected chi connectivity index (χ1v) is 8.09. The molecule has 0 saturated carbocycles. The molecule has 0 radical (unpaired) electrons. The quantitative estimate of drug-likeness (QED) is 0.631. The van der Waals surface area contributed by atoms with Gasteiger partial charge in [-0.25, -0.2) is 4.90 Å². The van der Waals surface area contributed by atoms with E-state index >= 15 is 0 Å². The highest BCUT2D eigenvalue weighted by atomic mass is 16.7. The molecule has 0 spiro atoms. The van der Waals surface area contributed by atoms with Crippen molar-refractivity contribution < 1.29 is 19.1 Å². The Kier molecular flexibility index (Phi) is 3.90. The van der Waals surface area contributed by atoms with Gasteiger partial charge in [0, 0.05) is 11.6 Å². The molecular weight excluding hydrogens is 332 g/mol. The van der Waals surface area contributed by atoms with E-state index in [0.717, 1.165) is 16.0 Å². The Morgan fingerprint density at radius 3 is 2.62 bits per heavy atom. The van der Waals surface area contributed by atoms with Gasteiger partial charge in [0.1, 0.15) is 0 Å². The number of benzene rings is 2. The molecule has 0 unspecified atom stereocenters. The van der Waals surface area contributed by atoms with E-state index < -0.39 is 0 Å². The van der Waals surface area contributed by atoms with E-state index in [-0.39, 0.29) is 25.0 Å². The molecule has 0 bridgehead atoms. The van der Waals surface area contributed by atoms with Crippen LogP contribution >= 0.6 is 0 Å². The molecule has 0 aromatic heterocycles. The van der Waals surface area contributed by atoms with Crippen LogP contribution in [0.1, 0.15) is 17.5 Å². The van der Waals surface area contributed by atoms with Crippen molar-refractivity contribution in [2.45, 2.75) is 12.8 Å². The van der Waals surface area contributed by atoms with Gasteiger partial charge in [-0.15, -0.1) is 0 Å². The number of ether oxygens (including phenoxy) is 2. The molecule has 2 aliphatic rings. The van der Waals surface area contributed by atoms with Crippen LogP contribution in [0.25, 0.3) is 6.08 Å². The van der Waals surface area contributed by atoms with E-state index in [2.05, 4.69) is 6.07 Å². The number of anilines is 1. The summed E-state index contributed by atoms with van der Waals surface area (Å²) in [5.41, 5.74) is 2.62. The molecule has 0 N–H and O–H groups in total. The number of rotatable bonds is 3. The summed E-state index contributed by atoms with van der Waals surface area (Å²) in [6, 6.07) is 14.4. The highest BCUT2D eigenvalue weighted by Crippen LogP contribution is 2.37. The zero-order chi connectivity index (χ0) is 18.1. The van der Waals surface area contributed by atoms with Gasteiger partial charge in [-0.3, -0.25) is 9.59 Å². The Balaban J connectivity index is 1.60. The van der Waals surface area contributed by atoms with Gasteiger partial charge in [-0.05, 0) is 29.3 Å². The van der Waals surface area contributed by atoms with Crippen LogP contribution in [0.5, 0.6) is 11.5 Å². The molecule has 1 saturated heterocycles. The number of nitriles is 1. The van der Waals surface area contributed by atoms with Crippen LogP contribution in [0, 0.1) is 11.3 Å². The van der Waals surface area contributed by atoms with Gasteiger partial charge in [-0.1, -0.05) is 24.3 Å².